The van der Waals surface area contributed by atoms with E-state index in [1.54, 1.807) is 15.7 Å². The maximum absolute atomic E-state index is 14.6. The van der Waals surface area contributed by atoms with Crippen molar-refractivity contribution in [1.82, 2.24) is 14.6 Å². The molecule has 1 atom stereocenters. The fraction of sp³-hybridized carbons (Fsp3) is 0.447. The highest BCUT2D eigenvalue weighted by molar-refractivity contribution is 5.73. The van der Waals surface area contributed by atoms with E-state index in [9.17, 15) is 31.5 Å². The van der Waals surface area contributed by atoms with Gasteiger partial charge in [0.15, 0.2) is 0 Å². The van der Waals surface area contributed by atoms with Crippen LogP contribution in [0.3, 0.4) is 0 Å². The highest BCUT2D eigenvalue weighted by Crippen LogP contribution is 2.48. The zero-order valence-corrected chi connectivity index (χ0v) is 28.0. The number of hydroxylamine groups is 2. The van der Waals surface area contributed by atoms with Gasteiger partial charge in [0.1, 0.15) is 5.82 Å². The summed E-state index contributed by atoms with van der Waals surface area (Å²) < 4.78 is 89.0. The standard InChI is InChI=1S/C38H37F6N6O/c39-37(40,41)31-21-29(35-45-9-14-48(35)27-17-23-5-1-10-46-11-2-6-24(18-27)33(23)46)30(22-32(31)38(42,43)44)36-49(15-16-50(36)51)28-19-25-7-3-12-47-13-4-8-26(20-28)34(25)47/h9,14,17-22,36H,1-8,10-13,15-16H2/q-1. The molecule has 1 aromatic heterocycles. The maximum Gasteiger partial charge on any atom is 0.417 e. The molecule has 1 fully saturated rings. The summed E-state index contributed by atoms with van der Waals surface area (Å²) in [7, 11) is 0. The number of anilines is 3. The monoisotopic (exact) mass is 707 g/mol. The van der Waals surface area contributed by atoms with E-state index in [4.69, 9.17) is 0 Å². The molecule has 1 unspecified atom stereocenters. The van der Waals surface area contributed by atoms with Crippen molar-refractivity contribution in [2.45, 2.75) is 69.9 Å². The van der Waals surface area contributed by atoms with Crippen molar-refractivity contribution >= 4 is 17.1 Å². The molecule has 13 heteroatoms. The topological polar surface area (TPSA) is 53.8 Å². The van der Waals surface area contributed by atoms with Gasteiger partial charge in [-0.15, -0.1) is 0 Å². The number of hydrogen-bond acceptors (Lipinski definition) is 6. The maximum atomic E-state index is 14.6. The van der Waals surface area contributed by atoms with Crippen molar-refractivity contribution in [3.05, 3.63) is 92.9 Å². The van der Waals surface area contributed by atoms with Gasteiger partial charge in [0.05, 0.1) is 17.3 Å². The highest BCUT2D eigenvalue weighted by atomic mass is 19.4. The molecule has 0 bridgehead atoms. The van der Waals surface area contributed by atoms with E-state index in [0.29, 0.717) is 28.6 Å². The van der Waals surface area contributed by atoms with Crippen LogP contribution < -0.4 is 14.7 Å². The Bertz CT molecular complexity index is 1960. The Hall–Kier alpha value is -4.23. The van der Waals surface area contributed by atoms with Gasteiger partial charge in [0, 0.05) is 80.0 Å². The van der Waals surface area contributed by atoms with E-state index >= 15 is 0 Å². The molecule has 9 rings (SSSR count). The molecular formula is C38H37F6N6O-. The summed E-state index contributed by atoms with van der Waals surface area (Å²) >= 11 is 0. The van der Waals surface area contributed by atoms with Crippen LogP contribution in [0.1, 0.15) is 70.8 Å². The number of aryl methyl sites for hydroxylation is 4. The molecule has 0 aliphatic carbocycles. The summed E-state index contributed by atoms with van der Waals surface area (Å²) in [5.74, 6) is 0.0521. The third-order valence-corrected chi connectivity index (χ3v) is 11.3. The second-order valence-corrected chi connectivity index (χ2v) is 14.4. The first-order valence-electron chi connectivity index (χ1n) is 17.8. The van der Waals surface area contributed by atoms with Crippen molar-refractivity contribution in [1.29, 1.82) is 0 Å². The van der Waals surface area contributed by atoms with Crippen LogP contribution >= 0.6 is 0 Å². The van der Waals surface area contributed by atoms with Crippen LogP contribution in [-0.2, 0) is 38.0 Å². The molecule has 268 valence electrons. The molecule has 1 saturated heterocycles. The second kappa shape index (κ2) is 11.9. The zero-order valence-electron chi connectivity index (χ0n) is 28.0. The summed E-state index contributed by atoms with van der Waals surface area (Å²) in [4.78, 5) is 11.0. The Labute approximate surface area is 291 Å². The number of imidazole rings is 1. The molecule has 7 nitrogen and oxygen atoms in total. The third kappa shape index (κ3) is 5.46. The molecule has 6 heterocycles. The Kier molecular flexibility index (Phi) is 7.63. The Morgan fingerprint density at radius 1 is 0.608 bits per heavy atom. The van der Waals surface area contributed by atoms with Gasteiger partial charge in [-0.3, -0.25) is 4.57 Å². The average molecular weight is 708 g/mol. The third-order valence-electron chi connectivity index (χ3n) is 11.3. The van der Waals surface area contributed by atoms with Crippen LogP contribution in [0.2, 0.25) is 0 Å². The normalized spacial score (nSPS) is 20.5. The predicted octanol–water partition coefficient (Wildman–Crippen LogP) is 8.29. The highest BCUT2D eigenvalue weighted by Gasteiger charge is 2.46. The first kappa shape index (κ1) is 32.7. The zero-order chi connectivity index (χ0) is 35.2. The average Bonchev–Trinajstić information content (AvgIpc) is 3.74. The number of alkyl halides is 6. The van der Waals surface area contributed by atoms with Gasteiger partial charge in [-0.05, 0) is 116 Å². The minimum absolute atomic E-state index is 0.0237. The molecule has 5 aliphatic rings. The van der Waals surface area contributed by atoms with E-state index in [2.05, 4.69) is 14.8 Å². The van der Waals surface area contributed by atoms with Gasteiger partial charge in [0.25, 0.3) is 0 Å². The number of halogens is 6. The number of nitrogens with zero attached hydrogens (tertiary/aromatic N) is 6. The molecule has 0 saturated carbocycles. The second-order valence-electron chi connectivity index (χ2n) is 14.4. The number of benzene rings is 3. The van der Waals surface area contributed by atoms with Crippen molar-refractivity contribution < 1.29 is 26.3 Å². The minimum Gasteiger partial charge on any atom is -0.783 e. The van der Waals surface area contributed by atoms with Gasteiger partial charge >= 0.3 is 12.4 Å². The van der Waals surface area contributed by atoms with E-state index in [-0.39, 0.29) is 30.0 Å². The first-order chi connectivity index (χ1) is 24.5. The summed E-state index contributed by atoms with van der Waals surface area (Å²) in [6.45, 7) is 4.05. The van der Waals surface area contributed by atoms with E-state index in [1.807, 2.05) is 24.3 Å². The van der Waals surface area contributed by atoms with Gasteiger partial charge in [0.2, 0.25) is 0 Å². The molecule has 0 spiro atoms. The SMILES string of the molecule is [O-]N1CCN(c2cc3c4c(c2)CCCN4CCC3)C1c1cc(C(F)(F)F)c(C(F)(F)F)cc1-c1nccn1-c1cc2c3c(c1)CCCN3CCC2. The van der Waals surface area contributed by atoms with Crippen LogP contribution in [0.4, 0.5) is 43.4 Å². The molecule has 0 radical (unpaired) electrons. The van der Waals surface area contributed by atoms with Crippen LogP contribution in [0.25, 0.3) is 17.1 Å². The van der Waals surface area contributed by atoms with Gasteiger partial charge in [-0.25, -0.2) is 4.98 Å². The van der Waals surface area contributed by atoms with E-state index in [0.717, 1.165) is 99.8 Å². The van der Waals surface area contributed by atoms with E-state index in [1.165, 1.54) is 17.6 Å². The summed E-state index contributed by atoms with van der Waals surface area (Å²) in [5.41, 5.74) is 4.39. The molecule has 4 aromatic rings. The Balaban J connectivity index is 1.23. The molecule has 3 aromatic carbocycles. The van der Waals surface area contributed by atoms with Crippen molar-refractivity contribution in [2.75, 3.05) is 54.0 Å². The lowest BCUT2D eigenvalue weighted by Crippen LogP contribution is -2.35. The lowest BCUT2D eigenvalue weighted by atomic mass is 9.90. The predicted molar refractivity (Wildman–Crippen MR) is 183 cm³/mol. The number of rotatable bonds is 4. The summed E-state index contributed by atoms with van der Waals surface area (Å²) in [5, 5.41) is 14.5. The molecule has 51 heavy (non-hydrogen) atoms. The fourth-order valence-corrected chi connectivity index (χ4v) is 9.28. The first-order valence-corrected chi connectivity index (χ1v) is 17.8. The van der Waals surface area contributed by atoms with Gasteiger partial charge in [-0.2, -0.15) is 26.3 Å². The molecule has 5 aliphatic heterocycles. The quantitative estimate of drug-likeness (QED) is 0.199. The van der Waals surface area contributed by atoms with Crippen molar-refractivity contribution in [3.8, 4) is 17.1 Å². The molecule has 0 amide bonds. The smallest absolute Gasteiger partial charge is 0.417 e. The van der Waals surface area contributed by atoms with Gasteiger partial charge in [-0.1, -0.05) is 0 Å². The van der Waals surface area contributed by atoms with Crippen molar-refractivity contribution in [2.24, 2.45) is 0 Å². The molecular weight excluding hydrogens is 670 g/mol. The van der Waals surface area contributed by atoms with Crippen LogP contribution in [0.15, 0.2) is 48.8 Å². The summed E-state index contributed by atoms with van der Waals surface area (Å²) in [6.07, 6.45) is -1.59. The lowest BCUT2D eigenvalue weighted by molar-refractivity contribution is -0.162. The Morgan fingerprint density at radius 3 is 1.61 bits per heavy atom. The summed E-state index contributed by atoms with van der Waals surface area (Å²) in [6, 6.07) is 9.16. The fourth-order valence-electron chi connectivity index (χ4n) is 9.28. The largest absolute Gasteiger partial charge is 0.783 e. The molecule has 0 N–H and O–H groups in total. The van der Waals surface area contributed by atoms with Crippen molar-refractivity contribution in [3.63, 3.8) is 0 Å². The number of hydrogen-bond donors (Lipinski definition) is 0. The van der Waals surface area contributed by atoms with Gasteiger partial charge < -0.3 is 25.0 Å². The number of aromatic nitrogens is 2. The van der Waals surface area contributed by atoms with E-state index < -0.39 is 29.6 Å². The van der Waals surface area contributed by atoms with Crippen LogP contribution in [0, 0.1) is 5.21 Å². The Morgan fingerprint density at radius 2 is 1.10 bits per heavy atom. The van der Waals surface area contributed by atoms with Crippen LogP contribution in [-0.4, -0.2) is 53.9 Å². The minimum atomic E-state index is -5.32. The lowest BCUT2D eigenvalue weighted by Gasteiger charge is -2.40. The van der Waals surface area contributed by atoms with Crippen LogP contribution in [0.5, 0.6) is 0 Å².